The van der Waals surface area contributed by atoms with Crippen LogP contribution < -0.4 is 4.74 Å². The molecular formula is C22H21F3O. The maximum absolute atomic E-state index is 14.6. The predicted molar refractivity (Wildman–Crippen MR) is 99.0 cm³/mol. The fraction of sp³-hybridized carbons (Fsp3) is 0.273. The summed E-state index contributed by atoms with van der Waals surface area (Å²) in [6, 6.07) is 11.9. The van der Waals surface area contributed by atoms with E-state index >= 15 is 0 Å². The molecule has 0 N–H and O–H groups in total. The minimum absolute atomic E-state index is 0.0775. The fourth-order valence-electron chi connectivity index (χ4n) is 3.07. The Morgan fingerprint density at radius 2 is 1.58 bits per heavy atom. The second kappa shape index (κ2) is 7.81. The van der Waals surface area contributed by atoms with Crippen molar-refractivity contribution >= 4 is 10.8 Å². The molecule has 0 aliphatic rings. The van der Waals surface area contributed by atoms with Gasteiger partial charge >= 0.3 is 0 Å². The molecule has 0 aliphatic carbocycles. The zero-order chi connectivity index (χ0) is 18.7. The smallest absolute Gasteiger partial charge is 0.175 e. The molecule has 0 saturated carbocycles. The van der Waals surface area contributed by atoms with E-state index in [1.165, 1.54) is 12.1 Å². The molecule has 0 heterocycles. The van der Waals surface area contributed by atoms with Crippen LogP contribution in [0.5, 0.6) is 5.75 Å². The molecule has 26 heavy (non-hydrogen) atoms. The van der Waals surface area contributed by atoms with Crippen molar-refractivity contribution in [3.63, 3.8) is 0 Å². The fourth-order valence-corrected chi connectivity index (χ4v) is 3.07. The Balaban J connectivity index is 2.07. The second-order valence-corrected chi connectivity index (χ2v) is 6.26. The highest BCUT2D eigenvalue weighted by Crippen LogP contribution is 2.35. The summed E-state index contributed by atoms with van der Waals surface area (Å²) in [5, 5.41) is -0.0771. The van der Waals surface area contributed by atoms with Gasteiger partial charge in [-0.2, -0.15) is 0 Å². The van der Waals surface area contributed by atoms with Gasteiger partial charge in [-0.3, -0.25) is 0 Å². The second-order valence-electron chi connectivity index (χ2n) is 6.26. The number of rotatable bonds is 6. The van der Waals surface area contributed by atoms with E-state index < -0.39 is 17.5 Å². The van der Waals surface area contributed by atoms with Crippen LogP contribution >= 0.6 is 0 Å². The topological polar surface area (TPSA) is 9.23 Å². The Labute approximate surface area is 151 Å². The third-order valence-corrected chi connectivity index (χ3v) is 4.47. The normalized spacial score (nSPS) is 11.1. The molecule has 0 atom stereocenters. The highest BCUT2D eigenvalue weighted by Gasteiger charge is 2.20. The van der Waals surface area contributed by atoms with Gasteiger partial charge < -0.3 is 4.74 Å². The highest BCUT2D eigenvalue weighted by atomic mass is 19.2. The Kier molecular flexibility index (Phi) is 5.50. The third kappa shape index (κ3) is 3.41. The van der Waals surface area contributed by atoms with E-state index in [1.807, 2.05) is 12.1 Å². The summed E-state index contributed by atoms with van der Waals surface area (Å²) in [5.74, 6) is -3.19. The Morgan fingerprint density at radius 1 is 0.846 bits per heavy atom. The molecule has 3 aromatic carbocycles. The van der Waals surface area contributed by atoms with Crippen LogP contribution in [0.15, 0.2) is 42.5 Å². The van der Waals surface area contributed by atoms with Crippen LogP contribution in [-0.2, 0) is 6.42 Å². The van der Waals surface area contributed by atoms with Gasteiger partial charge in [0.05, 0.1) is 12.0 Å². The minimum atomic E-state index is -1.19. The number of unbranched alkanes of at least 4 members (excludes halogenated alkanes) is 1. The molecule has 0 bridgehead atoms. The molecule has 3 rings (SSSR count). The number of hydrogen-bond acceptors (Lipinski definition) is 1. The van der Waals surface area contributed by atoms with Gasteiger partial charge in [0.2, 0.25) is 0 Å². The van der Waals surface area contributed by atoms with Crippen molar-refractivity contribution < 1.29 is 17.9 Å². The number of aryl methyl sites for hydroxylation is 1. The largest absolute Gasteiger partial charge is 0.491 e. The lowest BCUT2D eigenvalue weighted by Gasteiger charge is -2.12. The zero-order valence-electron chi connectivity index (χ0n) is 14.9. The van der Waals surface area contributed by atoms with Crippen LogP contribution in [0.4, 0.5) is 13.2 Å². The molecule has 0 spiro atoms. The molecule has 0 saturated heterocycles. The predicted octanol–water partition coefficient (Wildman–Crippen LogP) is 6.67. The van der Waals surface area contributed by atoms with E-state index in [1.54, 1.807) is 25.1 Å². The van der Waals surface area contributed by atoms with E-state index in [0.29, 0.717) is 10.9 Å². The Bertz CT molecular complexity index is 917. The summed E-state index contributed by atoms with van der Waals surface area (Å²) in [4.78, 5) is 0. The van der Waals surface area contributed by atoms with Crippen LogP contribution in [0.25, 0.3) is 21.9 Å². The number of ether oxygens (including phenoxy) is 1. The average Bonchev–Trinajstić information content (AvgIpc) is 2.65. The lowest BCUT2D eigenvalue weighted by molar-refractivity contribution is 0.322. The first-order valence-electron chi connectivity index (χ1n) is 8.89. The van der Waals surface area contributed by atoms with Crippen molar-refractivity contribution in [2.75, 3.05) is 6.61 Å². The van der Waals surface area contributed by atoms with Crippen LogP contribution in [0.3, 0.4) is 0 Å². The standard InChI is InChI=1S/C22H21F3O/c1-3-5-6-14-7-9-15(10-8-14)17-13-16-11-12-18(26-4-2)21(24)19(16)22(25)20(17)23/h7-13H,3-6H2,1-2H3. The van der Waals surface area contributed by atoms with Crippen LogP contribution in [0, 0.1) is 17.5 Å². The molecule has 0 fully saturated rings. The number of halogens is 3. The van der Waals surface area contributed by atoms with Crippen molar-refractivity contribution in [2.24, 2.45) is 0 Å². The van der Waals surface area contributed by atoms with Gasteiger partial charge in [0.25, 0.3) is 0 Å². The molecule has 3 aromatic rings. The summed E-state index contributed by atoms with van der Waals surface area (Å²) >= 11 is 0. The first-order valence-corrected chi connectivity index (χ1v) is 8.89. The lowest BCUT2D eigenvalue weighted by atomic mass is 9.97. The molecule has 0 amide bonds. The molecule has 0 aromatic heterocycles. The molecule has 0 radical (unpaired) electrons. The number of fused-ring (bicyclic) bond motifs is 1. The van der Waals surface area contributed by atoms with Gasteiger partial charge in [0, 0.05) is 5.56 Å². The zero-order valence-corrected chi connectivity index (χ0v) is 14.9. The molecule has 1 nitrogen and oxygen atoms in total. The van der Waals surface area contributed by atoms with Gasteiger partial charge in [0.15, 0.2) is 23.2 Å². The van der Waals surface area contributed by atoms with Crippen molar-refractivity contribution in [1.29, 1.82) is 0 Å². The number of hydrogen-bond donors (Lipinski definition) is 0. The summed E-state index contributed by atoms with van der Waals surface area (Å²) in [6.45, 7) is 4.07. The van der Waals surface area contributed by atoms with Crippen molar-refractivity contribution in [2.45, 2.75) is 33.1 Å². The summed E-state index contributed by atoms with van der Waals surface area (Å²) < 4.78 is 48.8. The van der Waals surface area contributed by atoms with Gasteiger partial charge in [-0.25, -0.2) is 13.2 Å². The van der Waals surface area contributed by atoms with Gasteiger partial charge in [-0.1, -0.05) is 43.7 Å². The van der Waals surface area contributed by atoms with Crippen LogP contribution in [-0.4, -0.2) is 6.61 Å². The van der Waals surface area contributed by atoms with E-state index in [0.717, 1.165) is 24.8 Å². The first kappa shape index (κ1) is 18.3. The molecule has 0 unspecified atom stereocenters. The summed E-state index contributed by atoms with van der Waals surface area (Å²) in [6.07, 6.45) is 3.14. The quantitative estimate of drug-likeness (QED) is 0.478. The van der Waals surface area contributed by atoms with Crippen LogP contribution in [0.1, 0.15) is 32.3 Å². The van der Waals surface area contributed by atoms with Gasteiger partial charge in [0.1, 0.15) is 0 Å². The van der Waals surface area contributed by atoms with E-state index in [4.69, 9.17) is 4.74 Å². The average molecular weight is 358 g/mol. The van der Waals surface area contributed by atoms with E-state index in [9.17, 15) is 13.2 Å². The first-order chi connectivity index (χ1) is 12.6. The van der Waals surface area contributed by atoms with Crippen molar-refractivity contribution in [3.8, 4) is 16.9 Å². The molecular weight excluding hydrogens is 337 g/mol. The van der Waals surface area contributed by atoms with E-state index in [2.05, 4.69) is 6.92 Å². The maximum atomic E-state index is 14.6. The lowest BCUT2D eigenvalue weighted by Crippen LogP contribution is -1.99. The maximum Gasteiger partial charge on any atom is 0.175 e. The van der Waals surface area contributed by atoms with Crippen molar-refractivity contribution in [3.05, 3.63) is 65.5 Å². The summed E-state index contributed by atoms with van der Waals surface area (Å²) in [7, 11) is 0. The third-order valence-electron chi connectivity index (χ3n) is 4.47. The van der Waals surface area contributed by atoms with Gasteiger partial charge in [-0.05, 0) is 48.4 Å². The Morgan fingerprint density at radius 3 is 2.23 bits per heavy atom. The van der Waals surface area contributed by atoms with E-state index in [-0.39, 0.29) is 23.3 Å². The molecule has 136 valence electrons. The molecule has 4 heteroatoms. The van der Waals surface area contributed by atoms with Gasteiger partial charge in [-0.15, -0.1) is 0 Å². The van der Waals surface area contributed by atoms with Crippen LogP contribution in [0.2, 0.25) is 0 Å². The minimum Gasteiger partial charge on any atom is -0.491 e. The SMILES string of the molecule is CCCCc1ccc(-c2cc3ccc(OCC)c(F)c3c(F)c2F)cc1. The van der Waals surface area contributed by atoms with Crippen molar-refractivity contribution in [1.82, 2.24) is 0 Å². The monoisotopic (exact) mass is 358 g/mol. The molecule has 0 aliphatic heterocycles. The summed E-state index contributed by atoms with van der Waals surface area (Å²) in [5.41, 5.74) is 1.85. The highest BCUT2D eigenvalue weighted by molar-refractivity contribution is 5.90. The number of benzene rings is 3. The Hall–Kier alpha value is -2.49.